The van der Waals surface area contributed by atoms with Gasteiger partial charge in [0.15, 0.2) is 6.61 Å². The van der Waals surface area contributed by atoms with Crippen LogP contribution in [-0.4, -0.2) is 26.9 Å². The third-order valence-corrected chi connectivity index (χ3v) is 4.43. The molecule has 1 amide bonds. The van der Waals surface area contributed by atoms with Gasteiger partial charge in [0.2, 0.25) is 10.0 Å². The minimum atomic E-state index is -3.87. The van der Waals surface area contributed by atoms with Crippen molar-refractivity contribution in [3.8, 4) is 0 Å². The Kier molecular flexibility index (Phi) is 5.55. The molecule has 8 heteroatoms. The van der Waals surface area contributed by atoms with Gasteiger partial charge < -0.3 is 10.1 Å². The van der Waals surface area contributed by atoms with Crippen LogP contribution in [0.4, 0.5) is 5.69 Å². The fraction of sp³-hybridized carbons (Fsp3) is 0.176. The summed E-state index contributed by atoms with van der Waals surface area (Å²) in [6.07, 6.45) is 0. The Labute approximate surface area is 145 Å². The van der Waals surface area contributed by atoms with Crippen molar-refractivity contribution in [2.45, 2.75) is 18.7 Å². The molecule has 0 atom stereocenters. The third kappa shape index (κ3) is 5.13. The predicted molar refractivity (Wildman–Crippen MR) is 92.6 cm³/mol. The molecule has 0 saturated heterocycles. The van der Waals surface area contributed by atoms with Crippen LogP contribution in [-0.2, 0) is 19.6 Å². The van der Waals surface area contributed by atoms with Crippen LogP contribution in [0.5, 0.6) is 0 Å². The summed E-state index contributed by atoms with van der Waals surface area (Å²) >= 11 is 0. The number of aryl methyl sites for hydroxylation is 2. The normalized spacial score (nSPS) is 11.0. The summed E-state index contributed by atoms with van der Waals surface area (Å²) in [5, 5.41) is 7.48. The first-order chi connectivity index (χ1) is 11.7. The van der Waals surface area contributed by atoms with Crippen molar-refractivity contribution in [1.82, 2.24) is 0 Å². The SMILES string of the molecule is Cc1ccc(C(=O)OCC(=O)Nc2cccc(S(N)(=O)=O)c2)cc1C. The third-order valence-electron chi connectivity index (χ3n) is 3.52. The second-order valence-corrected chi connectivity index (χ2v) is 7.06. The number of benzene rings is 2. The van der Waals surface area contributed by atoms with Crippen molar-refractivity contribution >= 4 is 27.6 Å². The topological polar surface area (TPSA) is 116 Å². The number of hydrogen-bond acceptors (Lipinski definition) is 5. The van der Waals surface area contributed by atoms with Gasteiger partial charge in [0, 0.05) is 5.69 Å². The molecule has 0 fully saturated rings. The summed E-state index contributed by atoms with van der Waals surface area (Å²) < 4.78 is 27.5. The van der Waals surface area contributed by atoms with Gasteiger partial charge in [-0.2, -0.15) is 0 Å². The maximum Gasteiger partial charge on any atom is 0.338 e. The van der Waals surface area contributed by atoms with E-state index in [4.69, 9.17) is 9.88 Å². The monoisotopic (exact) mass is 362 g/mol. The van der Waals surface area contributed by atoms with E-state index in [2.05, 4.69) is 5.32 Å². The lowest BCUT2D eigenvalue weighted by Crippen LogP contribution is -2.21. The highest BCUT2D eigenvalue weighted by Gasteiger charge is 2.13. The molecule has 132 valence electrons. The molecule has 0 radical (unpaired) electrons. The molecule has 0 unspecified atom stereocenters. The van der Waals surface area contributed by atoms with Crippen LogP contribution in [0.1, 0.15) is 21.5 Å². The van der Waals surface area contributed by atoms with Crippen molar-refractivity contribution in [1.29, 1.82) is 0 Å². The van der Waals surface area contributed by atoms with Crippen LogP contribution in [0.25, 0.3) is 0 Å². The number of nitrogens with two attached hydrogens (primary N) is 1. The number of amides is 1. The first kappa shape index (κ1) is 18.6. The number of sulfonamides is 1. The zero-order valence-corrected chi connectivity index (χ0v) is 14.6. The van der Waals surface area contributed by atoms with Crippen molar-refractivity contribution in [3.05, 3.63) is 59.2 Å². The number of ether oxygens (including phenoxy) is 1. The van der Waals surface area contributed by atoms with Crippen LogP contribution in [0, 0.1) is 13.8 Å². The highest BCUT2D eigenvalue weighted by Crippen LogP contribution is 2.14. The number of carbonyl (C=O) groups is 2. The highest BCUT2D eigenvalue weighted by atomic mass is 32.2. The summed E-state index contributed by atoms with van der Waals surface area (Å²) in [5.74, 6) is -1.21. The molecule has 0 aliphatic rings. The Morgan fingerprint density at radius 1 is 1.08 bits per heavy atom. The minimum absolute atomic E-state index is 0.127. The Morgan fingerprint density at radius 3 is 2.44 bits per heavy atom. The first-order valence-corrected chi connectivity index (χ1v) is 8.88. The van der Waals surface area contributed by atoms with Gasteiger partial charge in [-0.3, -0.25) is 4.79 Å². The van der Waals surface area contributed by atoms with E-state index in [1.54, 1.807) is 18.2 Å². The fourth-order valence-electron chi connectivity index (χ4n) is 2.03. The summed E-state index contributed by atoms with van der Waals surface area (Å²) in [4.78, 5) is 23.7. The minimum Gasteiger partial charge on any atom is -0.452 e. The van der Waals surface area contributed by atoms with E-state index >= 15 is 0 Å². The van der Waals surface area contributed by atoms with E-state index in [1.165, 1.54) is 24.3 Å². The lowest BCUT2D eigenvalue weighted by molar-refractivity contribution is -0.119. The van der Waals surface area contributed by atoms with Gasteiger partial charge in [0.1, 0.15) is 0 Å². The second-order valence-electron chi connectivity index (χ2n) is 5.50. The zero-order chi connectivity index (χ0) is 18.6. The molecule has 0 aromatic heterocycles. The van der Waals surface area contributed by atoms with Gasteiger partial charge >= 0.3 is 5.97 Å². The number of carbonyl (C=O) groups excluding carboxylic acids is 2. The maximum absolute atomic E-state index is 12.0. The zero-order valence-electron chi connectivity index (χ0n) is 13.8. The molecule has 25 heavy (non-hydrogen) atoms. The van der Waals surface area contributed by atoms with E-state index in [9.17, 15) is 18.0 Å². The van der Waals surface area contributed by atoms with Crippen molar-refractivity contribution in [2.24, 2.45) is 5.14 Å². The molecule has 2 aromatic carbocycles. The molecule has 0 aliphatic heterocycles. The lowest BCUT2D eigenvalue weighted by Gasteiger charge is -2.08. The van der Waals surface area contributed by atoms with Gasteiger partial charge in [-0.05, 0) is 55.3 Å². The molecule has 0 saturated carbocycles. The second kappa shape index (κ2) is 7.45. The molecule has 0 aliphatic carbocycles. The fourth-order valence-corrected chi connectivity index (χ4v) is 2.59. The maximum atomic E-state index is 12.0. The van der Waals surface area contributed by atoms with Crippen LogP contribution in [0.3, 0.4) is 0 Å². The van der Waals surface area contributed by atoms with Crippen LogP contribution >= 0.6 is 0 Å². The number of rotatable bonds is 5. The summed E-state index contributed by atoms with van der Waals surface area (Å²) in [6.45, 7) is 3.30. The average Bonchev–Trinajstić information content (AvgIpc) is 2.54. The van der Waals surface area contributed by atoms with E-state index in [1.807, 2.05) is 13.8 Å². The van der Waals surface area contributed by atoms with Gasteiger partial charge in [0.05, 0.1) is 10.5 Å². The molecule has 2 aromatic rings. The number of hydrogen-bond donors (Lipinski definition) is 2. The van der Waals surface area contributed by atoms with E-state index < -0.39 is 28.5 Å². The quantitative estimate of drug-likeness (QED) is 0.786. The molecule has 0 spiro atoms. The number of anilines is 1. The summed E-state index contributed by atoms with van der Waals surface area (Å²) in [7, 11) is -3.87. The Balaban J connectivity index is 1.96. The Bertz CT molecular complexity index is 922. The van der Waals surface area contributed by atoms with Crippen LogP contribution in [0.15, 0.2) is 47.4 Å². The molecular weight excluding hydrogens is 344 g/mol. The predicted octanol–water partition coefficient (Wildman–Crippen LogP) is 1.75. The van der Waals surface area contributed by atoms with Crippen molar-refractivity contribution in [3.63, 3.8) is 0 Å². The van der Waals surface area contributed by atoms with Gasteiger partial charge in [-0.1, -0.05) is 12.1 Å². The standard InChI is InChI=1S/C17H18N2O5S/c1-11-6-7-13(8-12(11)2)17(21)24-10-16(20)19-14-4-3-5-15(9-14)25(18,22)23/h3-9H,10H2,1-2H3,(H,19,20)(H2,18,22,23). The van der Waals surface area contributed by atoms with Crippen LogP contribution in [0.2, 0.25) is 0 Å². The number of esters is 1. The lowest BCUT2D eigenvalue weighted by atomic mass is 10.1. The number of nitrogens with one attached hydrogen (secondary N) is 1. The van der Waals surface area contributed by atoms with Crippen LogP contribution < -0.4 is 10.5 Å². The molecule has 0 heterocycles. The Hall–Kier alpha value is -2.71. The van der Waals surface area contributed by atoms with Crippen molar-refractivity contribution in [2.75, 3.05) is 11.9 Å². The Morgan fingerprint density at radius 2 is 1.80 bits per heavy atom. The molecular formula is C17H18N2O5S. The molecule has 3 N–H and O–H groups in total. The van der Waals surface area contributed by atoms with E-state index in [0.29, 0.717) is 5.56 Å². The molecule has 0 bridgehead atoms. The average molecular weight is 362 g/mol. The summed E-state index contributed by atoms with van der Waals surface area (Å²) in [5.41, 5.74) is 2.58. The van der Waals surface area contributed by atoms with Gasteiger partial charge in [-0.25, -0.2) is 18.4 Å². The highest BCUT2D eigenvalue weighted by molar-refractivity contribution is 7.89. The van der Waals surface area contributed by atoms with E-state index in [-0.39, 0.29) is 10.6 Å². The largest absolute Gasteiger partial charge is 0.452 e. The number of primary sulfonamides is 1. The smallest absolute Gasteiger partial charge is 0.338 e. The molecule has 7 nitrogen and oxygen atoms in total. The summed E-state index contributed by atoms with van der Waals surface area (Å²) in [6, 6.07) is 10.6. The van der Waals surface area contributed by atoms with Crippen molar-refractivity contribution < 1.29 is 22.7 Å². The van der Waals surface area contributed by atoms with Gasteiger partial charge in [-0.15, -0.1) is 0 Å². The molecule has 2 rings (SSSR count). The first-order valence-electron chi connectivity index (χ1n) is 7.34. The van der Waals surface area contributed by atoms with Gasteiger partial charge in [0.25, 0.3) is 5.91 Å². The van der Waals surface area contributed by atoms with E-state index in [0.717, 1.165) is 11.1 Å².